The van der Waals surface area contributed by atoms with Gasteiger partial charge in [-0.05, 0) is 73.7 Å². The van der Waals surface area contributed by atoms with Crippen LogP contribution in [-0.2, 0) is 16.0 Å². The standard InChI is InChI=1S/C29H30N2O3/c1-5-17-34-24-14-10-22(11-15-24)26-27(30-25-16-7-19(3)18-20(25)4)29(33)31(28(26)32)23-12-8-21(6-2)9-13-23/h7-16,18,30H,5-6,17H2,1-4H3. The fourth-order valence-corrected chi connectivity index (χ4v) is 4.05. The highest BCUT2D eigenvalue weighted by Gasteiger charge is 2.40. The highest BCUT2D eigenvalue weighted by molar-refractivity contribution is 6.46. The minimum atomic E-state index is -0.365. The Morgan fingerprint density at radius 3 is 2.18 bits per heavy atom. The van der Waals surface area contributed by atoms with Gasteiger partial charge in [0.2, 0.25) is 0 Å². The molecule has 1 N–H and O–H groups in total. The average molecular weight is 455 g/mol. The maximum absolute atomic E-state index is 13.6. The molecule has 5 nitrogen and oxygen atoms in total. The fourth-order valence-electron chi connectivity index (χ4n) is 4.05. The van der Waals surface area contributed by atoms with Gasteiger partial charge in [0.25, 0.3) is 11.8 Å². The van der Waals surface area contributed by atoms with Crippen molar-refractivity contribution in [1.82, 2.24) is 0 Å². The lowest BCUT2D eigenvalue weighted by atomic mass is 10.0. The Labute approximate surface area is 201 Å². The van der Waals surface area contributed by atoms with E-state index in [0.717, 1.165) is 41.0 Å². The molecule has 1 aliphatic heterocycles. The summed E-state index contributed by atoms with van der Waals surface area (Å²) < 4.78 is 5.69. The number of rotatable bonds is 8. The number of amides is 2. The zero-order valence-electron chi connectivity index (χ0n) is 20.1. The molecule has 4 rings (SSSR count). The first-order valence-electron chi connectivity index (χ1n) is 11.7. The monoisotopic (exact) mass is 454 g/mol. The van der Waals surface area contributed by atoms with Gasteiger partial charge in [0, 0.05) is 5.69 Å². The molecule has 0 saturated heterocycles. The van der Waals surface area contributed by atoms with E-state index in [2.05, 4.69) is 19.2 Å². The van der Waals surface area contributed by atoms with Crippen molar-refractivity contribution >= 4 is 28.8 Å². The maximum atomic E-state index is 13.6. The van der Waals surface area contributed by atoms with Crippen molar-refractivity contribution in [3.63, 3.8) is 0 Å². The van der Waals surface area contributed by atoms with E-state index in [-0.39, 0.29) is 17.5 Å². The lowest BCUT2D eigenvalue weighted by molar-refractivity contribution is -0.120. The number of hydrogen-bond donors (Lipinski definition) is 1. The summed E-state index contributed by atoms with van der Waals surface area (Å²) in [7, 11) is 0. The molecule has 34 heavy (non-hydrogen) atoms. The molecule has 0 fully saturated rings. The molecule has 2 amide bonds. The number of benzene rings is 3. The fraction of sp³-hybridized carbons (Fsp3) is 0.241. The van der Waals surface area contributed by atoms with Gasteiger partial charge in [0.05, 0.1) is 17.9 Å². The van der Waals surface area contributed by atoms with Crippen molar-refractivity contribution < 1.29 is 14.3 Å². The average Bonchev–Trinajstić information content (AvgIpc) is 3.09. The Kier molecular flexibility index (Phi) is 6.82. The molecule has 3 aromatic rings. The molecule has 5 heteroatoms. The van der Waals surface area contributed by atoms with Crippen LogP contribution in [0, 0.1) is 13.8 Å². The Hall–Kier alpha value is -3.86. The van der Waals surface area contributed by atoms with Crippen LogP contribution in [0.5, 0.6) is 5.75 Å². The molecule has 0 radical (unpaired) electrons. The summed E-state index contributed by atoms with van der Waals surface area (Å²) in [4.78, 5) is 28.5. The van der Waals surface area contributed by atoms with Gasteiger partial charge in [-0.3, -0.25) is 9.59 Å². The van der Waals surface area contributed by atoms with Gasteiger partial charge in [-0.2, -0.15) is 0 Å². The molecule has 1 heterocycles. The Morgan fingerprint density at radius 1 is 0.853 bits per heavy atom. The van der Waals surface area contributed by atoms with Crippen molar-refractivity contribution in [2.75, 3.05) is 16.8 Å². The van der Waals surface area contributed by atoms with Gasteiger partial charge in [-0.25, -0.2) is 4.90 Å². The second kappa shape index (κ2) is 9.96. The number of carbonyl (C=O) groups excluding carboxylic acids is 2. The van der Waals surface area contributed by atoms with Crippen molar-refractivity contribution in [1.29, 1.82) is 0 Å². The van der Waals surface area contributed by atoms with E-state index in [1.165, 1.54) is 4.90 Å². The first-order valence-corrected chi connectivity index (χ1v) is 11.7. The van der Waals surface area contributed by atoms with Crippen LogP contribution in [-0.4, -0.2) is 18.4 Å². The number of imide groups is 1. The number of ether oxygens (including phenoxy) is 1. The zero-order valence-corrected chi connectivity index (χ0v) is 20.1. The summed E-state index contributed by atoms with van der Waals surface area (Å²) in [6, 6.07) is 20.9. The molecule has 0 saturated carbocycles. The van der Waals surface area contributed by atoms with E-state index in [0.29, 0.717) is 23.4 Å². The van der Waals surface area contributed by atoms with E-state index in [1.54, 1.807) is 0 Å². The minimum Gasteiger partial charge on any atom is -0.494 e. The Bertz CT molecular complexity index is 1240. The van der Waals surface area contributed by atoms with Crippen molar-refractivity contribution in [2.24, 2.45) is 0 Å². The molecular weight excluding hydrogens is 424 g/mol. The normalized spacial score (nSPS) is 13.6. The summed E-state index contributed by atoms with van der Waals surface area (Å²) in [5, 5.41) is 3.27. The zero-order chi connectivity index (χ0) is 24.2. The minimum absolute atomic E-state index is 0.277. The topological polar surface area (TPSA) is 58.6 Å². The van der Waals surface area contributed by atoms with Crippen LogP contribution in [0.15, 0.2) is 72.4 Å². The molecule has 174 valence electrons. The van der Waals surface area contributed by atoms with Gasteiger partial charge in [-0.1, -0.05) is 55.8 Å². The van der Waals surface area contributed by atoms with E-state index in [9.17, 15) is 9.59 Å². The third kappa shape index (κ3) is 4.60. The number of carbonyl (C=O) groups is 2. The summed E-state index contributed by atoms with van der Waals surface area (Å²) >= 11 is 0. The largest absolute Gasteiger partial charge is 0.494 e. The molecule has 0 aliphatic carbocycles. The number of anilines is 2. The smallest absolute Gasteiger partial charge is 0.282 e. The molecular formula is C29H30N2O3. The van der Waals surface area contributed by atoms with Crippen LogP contribution in [0.25, 0.3) is 5.57 Å². The van der Waals surface area contributed by atoms with Crippen LogP contribution in [0.3, 0.4) is 0 Å². The van der Waals surface area contributed by atoms with Crippen LogP contribution < -0.4 is 15.0 Å². The van der Waals surface area contributed by atoms with E-state index < -0.39 is 0 Å². The summed E-state index contributed by atoms with van der Waals surface area (Å²) in [5.74, 6) is 0.0261. The quantitative estimate of drug-likeness (QED) is 0.421. The lowest BCUT2D eigenvalue weighted by Gasteiger charge is -2.16. The molecule has 0 atom stereocenters. The summed E-state index contributed by atoms with van der Waals surface area (Å²) in [6.07, 6.45) is 1.80. The summed E-state index contributed by atoms with van der Waals surface area (Å²) in [6.45, 7) is 8.75. The van der Waals surface area contributed by atoms with Crippen LogP contribution in [0.1, 0.15) is 42.5 Å². The van der Waals surface area contributed by atoms with E-state index in [1.807, 2.05) is 80.6 Å². The van der Waals surface area contributed by atoms with Crippen LogP contribution in [0.4, 0.5) is 11.4 Å². The van der Waals surface area contributed by atoms with E-state index in [4.69, 9.17) is 4.74 Å². The van der Waals surface area contributed by atoms with Crippen LogP contribution >= 0.6 is 0 Å². The number of aryl methyl sites for hydroxylation is 3. The van der Waals surface area contributed by atoms with Gasteiger partial charge in [-0.15, -0.1) is 0 Å². The predicted molar refractivity (Wildman–Crippen MR) is 137 cm³/mol. The molecule has 0 aromatic heterocycles. The van der Waals surface area contributed by atoms with Crippen LogP contribution in [0.2, 0.25) is 0 Å². The second-order valence-electron chi connectivity index (χ2n) is 8.53. The van der Waals surface area contributed by atoms with Gasteiger partial charge >= 0.3 is 0 Å². The third-order valence-electron chi connectivity index (χ3n) is 5.94. The number of nitrogens with one attached hydrogen (secondary N) is 1. The lowest BCUT2D eigenvalue weighted by Crippen LogP contribution is -2.32. The van der Waals surface area contributed by atoms with Gasteiger partial charge in [0.1, 0.15) is 11.4 Å². The number of nitrogens with zero attached hydrogens (tertiary/aromatic N) is 1. The van der Waals surface area contributed by atoms with Crippen molar-refractivity contribution in [3.05, 3.63) is 94.7 Å². The van der Waals surface area contributed by atoms with Gasteiger partial charge in [0.15, 0.2) is 0 Å². The first kappa shape index (κ1) is 23.3. The Balaban J connectivity index is 1.76. The SMILES string of the molecule is CCCOc1ccc(C2=C(Nc3ccc(C)cc3C)C(=O)N(c3ccc(CC)cc3)C2=O)cc1. The molecule has 0 unspecified atom stereocenters. The summed E-state index contributed by atoms with van der Waals surface area (Å²) in [5.41, 5.74) is 5.93. The third-order valence-corrected chi connectivity index (χ3v) is 5.94. The predicted octanol–water partition coefficient (Wildman–Crippen LogP) is 6.05. The maximum Gasteiger partial charge on any atom is 0.282 e. The second-order valence-corrected chi connectivity index (χ2v) is 8.53. The van der Waals surface area contributed by atoms with E-state index >= 15 is 0 Å². The van der Waals surface area contributed by atoms with Crippen molar-refractivity contribution in [3.8, 4) is 5.75 Å². The molecule has 0 bridgehead atoms. The highest BCUT2D eigenvalue weighted by atomic mass is 16.5. The first-order chi connectivity index (χ1) is 16.4. The van der Waals surface area contributed by atoms with Gasteiger partial charge < -0.3 is 10.1 Å². The molecule has 0 spiro atoms. The van der Waals surface area contributed by atoms with Crippen molar-refractivity contribution in [2.45, 2.75) is 40.5 Å². The number of hydrogen-bond acceptors (Lipinski definition) is 4. The molecule has 1 aliphatic rings. The molecule has 3 aromatic carbocycles. The Morgan fingerprint density at radius 2 is 1.56 bits per heavy atom. The highest BCUT2D eigenvalue weighted by Crippen LogP contribution is 2.35.